The van der Waals surface area contributed by atoms with E-state index in [-0.39, 0.29) is 17.2 Å². The Morgan fingerprint density at radius 2 is 0.972 bits per heavy atom. The van der Waals surface area contributed by atoms with Crippen molar-refractivity contribution in [2.45, 2.75) is 105 Å². The summed E-state index contributed by atoms with van der Waals surface area (Å²) in [6, 6.07) is 0. The van der Waals surface area contributed by atoms with E-state index in [0.717, 1.165) is 25.7 Å². The van der Waals surface area contributed by atoms with E-state index in [1.807, 2.05) is 0 Å². The van der Waals surface area contributed by atoms with Crippen molar-refractivity contribution in [2.75, 3.05) is 13.2 Å². The van der Waals surface area contributed by atoms with Crippen LogP contribution in [0.2, 0.25) is 0 Å². The zero-order chi connectivity index (χ0) is 26.4. The first-order valence-electron chi connectivity index (χ1n) is 12.4. The number of ether oxygens (including phenoxy) is 2. The fourth-order valence-corrected chi connectivity index (χ4v) is 5.26. The van der Waals surface area contributed by atoms with Crippen molar-refractivity contribution in [2.24, 2.45) is 11.8 Å². The quantitative estimate of drug-likeness (QED) is 0.145. The van der Waals surface area contributed by atoms with Gasteiger partial charge in [-0.05, 0) is 25.7 Å². The first-order chi connectivity index (χ1) is 17.2. The SMILES string of the molecule is OC[C@H]1O[C@H](C#CC2CCCCC(C#C[C@H]3O[C@H](CO)[C@@H](O)[C@H](O)[C@@H]3O)CC(Cl)C2)[C@@H](O)[C@@H](O)[C@@H]1O. The maximum atomic E-state index is 10.2. The third-order valence-corrected chi connectivity index (χ3v) is 7.44. The lowest BCUT2D eigenvalue weighted by atomic mass is 9.92. The fourth-order valence-electron chi connectivity index (χ4n) is 4.83. The summed E-state index contributed by atoms with van der Waals surface area (Å²) in [4.78, 5) is 0. The normalized spacial score (nSPS) is 46.2. The second-order valence-electron chi connectivity index (χ2n) is 9.82. The van der Waals surface area contributed by atoms with Gasteiger partial charge in [0, 0.05) is 17.2 Å². The Morgan fingerprint density at radius 3 is 1.33 bits per heavy atom. The smallest absolute Gasteiger partial charge is 0.147 e. The molecular formula is C25H37ClO10. The fraction of sp³-hybridized carbons (Fsp3) is 0.840. The summed E-state index contributed by atoms with van der Waals surface area (Å²) in [5.74, 6) is 11.7. The summed E-state index contributed by atoms with van der Waals surface area (Å²) in [5.41, 5.74) is 0. The lowest BCUT2D eigenvalue weighted by Gasteiger charge is -2.38. The van der Waals surface area contributed by atoms with E-state index in [9.17, 15) is 40.9 Å². The molecule has 3 rings (SSSR count). The minimum atomic E-state index is -1.47. The molecule has 1 saturated carbocycles. The molecule has 0 radical (unpaired) electrons. The lowest BCUT2D eigenvalue weighted by molar-refractivity contribution is -0.214. The number of hydrogen-bond acceptors (Lipinski definition) is 10. The Labute approximate surface area is 215 Å². The molecule has 2 heterocycles. The topological polar surface area (TPSA) is 180 Å². The molecule has 2 saturated heterocycles. The molecule has 0 aromatic rings. The zero-order valence-electron chi connectivity index (χ0n) is 19.9. The minimum absolute atomic E-state index is 0.0861. The summed E-state index contributed by atoms with van der Waals surface area (Å²) in [7, 11) is 0. The van der Waals surface area contributed by atoms with Gasteiger partial charge in [0.2, 0.25) is 0 Å². The molecule has 0 spiro atoms. The van der Waals surface area contributed by atoms with Crippen LogP contribution in [0.25, 0.3) is 0 Å². The Kier molecular flexibility index (Phi) is 11.3. The van der Waals surface area contributed by atoms with Gasteiger partial charge in [-0.1, -0.05) is 36.5 Å². The average Bonchev–Trinajstić information content (AvgIpc) is 2.95. The monoisotopic (exact) mass is 532 g/mol. The maximum absolute atomic E-state index is 10.2. The largest absolute Gasteiger partial charge is 0.394 e. The van der Waals surface area contributed by atoms with Gasteiger partial charge >= 0.3 is 0 Å². The predicted molar refractivity (Wildman–Crippen MR) is 127 cm³/mol. The Hall–Kier alpha value is -0.990. The van der Waals surface area contributed by atoms with Crippen LogP contribution in [-0.4, -0.2) is 120 Å². The predicted octanol–water partition coefficient (Wildman–Crippen LogP) is -2.13. The van der Waals surface area contributed by atoms with Gasteiger partial charge in [0.15, 0.2) is 0 Å². The highest BCUT2D eigenvalue weighted by molar-refractivity contribution is 6.20. The van der Waals surface area contributed by atoms with Crippen LogP contribution in [0.4, 0.5) is 0 Å². The van der Waals surface area contributed by atoms with Crippen molar-refractivity contribution < 1.29 is 50.3 Å². The molecule has 0 aromatic heterocycles. The molecule has 0 bridgehead atoms. The molecule has 11 heteroatoms. The van der Waals surface area contributed by atoms with Gasteiger partial charge < -0.3 is 50.3 Å². The molecule has 2 aliphatic heterocycles. The van der Waals surface area contributed by atoms with Gasteiger partial charge in [0.05, 0.1) is 13.2 Å². The first kappa shape index (κ1) is 29.6. The Morgan fingerprint density at radius 1 is 0.583 bits per heavy atom. The lowest BCUT2D eigenvalue weighted by Crippen LogP contribution is -2.58. The highest BCUT2D eigenvalue weighted by Gasteiger charge is 2.43. The third-order valence-electron chi connectivity index (χ3n) is 7.08. The second kappa shape index (κ2) is 13.7. The number of halogens is 1. The van der Waals surface area contributed by atoms with E-state index in [1.54, 1.807) is 0 Å². The molecule has 1 aliphatic carbocycles. The summed E-state index contributed by atoms with van der Waals surface area (Å²) < 4.78 is 10.9. The van der Waals surface area contributed by atoms with Crippen LogP contribution in [0.15, 0.2) is 0 Å². The summed E-state index contributed by atoms with van der Waals surface area (Å²) >= 11 is 6.62. The van der Waals surface area contributed by atoms with Crippen LogP contribution in [0.5, 0.6) is 0 Å². The third kappa shape index (κ3) is 7.31. The number of hydrogen-bond donors (Lipinski definition) is 8. The highest BCUT2D eigenvalue weighted by atomic mass is 35.5. The molecule has 0 aromatic carbocycles. The number of aliphatic hydroxyl groups is 8. The van der Waals surface area contributed by atoms with Crippen molar-refractivity contribution in [1.29, 1.82) is 0 Å². The number of aliphatic hydroxyl groups excluding tert-OH is 8. The van der Waals surface area contributed by atoms with E-state index in [1.165, 1.54) is 0 Å². The van der Waals surface area contributed by atoms with Crippen LogP contribution >= 0.6 is 11.6 Å². The van der Waals surface area contributed by atoms with Gasteiger partial charge in [0.25, 0.3) is 0 Å². The van der Waals surface area contributed by atoms with Crippen molar-refractivity contribution in [3.63, 3.8) is 0 Å². The van der Waals surface area contributed by atoms with E-state index in [2.05, 4.69) is 23.7 Å². The average molecular weight is 533 g/mol. The Balaban J connectivity index is 1.62. The minimum Gasteiger partial charge on any atom is -0.394 e. The van der Waals surface area contributed by atoms with Gasteiger partial charge in [-0.3, -0.25) is 0 Å². The molecule has 10 nitrogen and oxygen atoms in total. The van der Waals surface area contributed by atoms with E-state index in [0.29, 0.717) is 12.8 Å². The summed E-state index contributed by atoms with van der Waals surface area (Å²) in [6.45, 7) is -1.02. The van der Waals surface area contributed by atoms with Crippen LogP contribution in [0.1, 0.15) is 38.5 Å². The Bertz CT molecular complexity index is 751. The summed E-state index contributed by atoms with van der Waals surface area (Å²) in [6.07, 6.45) is -8.35. The van der Waals surface area contributed by atoms with E-state index >= 15 is 0 Å². The second-order valence-corrected chi connectivity index (χ2v) is 10.4. The van der Waals surface area contributed by atoms with Crippen LogP contribution in [0.3, 0.4) is 0 Å². The zero-order valence-corrected chi connectivity index (χ0v) is 20.7. The van der Waals surface area contributed by atoms with Crippen LogP contribution in [0, 0.1) is 35.5 Å². The first-order valence-corrected chi connectivity index (χ1v) is 12.9. The van der Waals surface area contributed by atoms with Crippen LogP contribution < -0.4 is 0 Å². The van der Waals surface area contributed by atoms with Gasteiger partial charge in [0.1, 0.15) is 61.0 Å². The highest BCUT2D eigenvalue weighted by Crippen LogP contribution is 2.29. The van der Waals surface area contributed by atoms with Crippen molar-refractivity contribution in [3.8, 4) is 23.7 Å². The molecule has 3 fully saturated rings. The number of alkyl halides is 1. The molecule has 0 amide bonds. The van der Waals surface area contributed by atoms with Crippen LogP contribution in [-0.2, 0) is 9.47 Å². The van der Waals surface area contributed by atoms with Gasteiger partial charge in [-0.15, -0.1) is 11.6 Å². The van der Waals surface area contributed by atoms with Crippen molar-refractivity contribution in [1.82, 2.24) is 0 Å². The van der Waals surface area contributed by atoms with Crippen molar-refractivity contribution >= 4 is 11.6 Å². The molecule has 12 atom stereocenters. The molecule has 36 heavy (non-hydrogen) atoms. The summed E-state index contributed by atoms with van der Waals surface area (Å²) in [5, 5.41) is 78.6. The van der Waals surface area contributed by atoms with Crippen molar-refractivity contribution in [3.05, 3.63) is 0 Å². The maximum Gasteiger partial charge on any atom is 0.147 e. The van der Waals surface area contributed by atoms with Gasteiger partial charge in [-0.2, -0.15) is 0 Å². The van der Waals surface area contributed by atoms with E-state index < -0.39 is 74.3 Å². The number of rotatable bonds is 2. The molecule has 8 N–H and O–H groups in total. The molecule has 204 valence electrons. The molecule has 3 aliphatic rings. The molecular weight excluding hydrogens is 496 g/mol. The molecule has 2 unspecified atom stereocenters. The van der Waals surface area contributed by atoms with E-state index in [4.69, 9.17) is 21.1 Å². The standard InChI is InChI=1S/C25H37ClO10/c26-15-9-13(5-7-16-20(29)24(33)22(31)18(11-27)35-16)3-1-2-4-14(10-15)6-8-17-21(30)25(34)23(32)19(12-28)36-17/h13-25,27-34H,1-4,9-12H2/t13?,14?,15?,16-,17-,18-,19-,20-,21-,22-,23-,24-,25-/m1/s1. The van der Waals surface area contributed by atoms with Gasteiger partial charge in [-0.25, -0.2) is 0 Å².